The van der Waals surface area contributed by atoms with E-state index in [2.05, 4.69) is 52.4 Å². The van der Waals surface area contributed by atoms with E-state index in [1.54, 1.807) is 6.08 Å². The molecule has 3 N–H and O–H groups in total. The maximum atomic E-state index is 13.2. The number of hydrogen-bond donors (Lipinski definition) is 3. The molecule has 0 amide bonds. The molecule has 5 heterocycles. The fourth-order valence-corrected chi connectivity index (χ4v) is 7.08. The van der Waals surface area contributed by atoms with Gasteiger partial charge in [0, 0.05) is 33.3 Å². The minimum atomic E-state index is -1.08. The van der Waals surface area contributed by atoms with Gasteiger partial charge in [0.15, 0.2) is 0 Å². The van der Waals surface area contributed by atoms with Crippen LogP contribution in [0.3, 0.4) is 0 Å². The number of H-pyrrole nitrogens is 2. The molecule has 51 heavy (non-hydrogen) atoms. The second-order valence-corrected chi connectivity index (χ2v) is 12.5. The van der Waals surface area contributed by atoms with Gasteiger partial charge in [-0.15, -0.1) is 0 Å². The number of hydrogen-bond acceptors (Lipinski definition) is 3. The van der Waals surface area contributed by atoms with E-state index >= 15 is 0 Å². The first kappa shape index (κ1) is 30.0. The number of aromatic amines is 2. The molecule has 0 fully saturated rings. The Kier molecular flexibility index (Phi) is 7.33. The van der Waals surface area contributed by atoms with Crippen LogP contribution >= 0.6 is 0 Å². The molecule has 0 radical (unpaired) electrons. The zero-order chi connectivity index (χ0) is 34.3. The molecule has 7 aromatic rings. The summed E-state index contributed by atoms with van der Waals surface area (Å²) < 4.78 is 0. The van der Waals surface area contributed by atoms with E-state index in [4.69, 9.17) is 9.97 Å². The van der Waals surface area contributed by atoms with Gasteiger partial charge in [-0.3, -0.25) is 0 Å². The number of fused-ring (bicyclic) bond motifs is 8. The summed E-state index contributed by atoms with van der Waals surface area (Å²) in [4.78, 5) is 30.8. The second kappa shape index (κ2) is 12.4. The first-order valence-corrected chi connectivity index (χ1v) is 16.8. The molecule has 6 nitrogen and oxygen atoms in total. The van der Waals surface area contributed by atoms with Gasteiger partial charge in [-0.05, 0) is 64.8 Å². The number of carboxylic acid groups (broad SMARTS) is 1. The van der Waals surface area contributed by atoms with Crippen molar-refractivity contribution in [3.05, 3.63) is 168 Å². The Morgan fingerprint density at radius 2 is 0.863 bits per heavy atom. The molecule has 0 aliphatic carbocycles. The van der Waals surface area contributed by atoms with E-state index in [-0.39, 0.29) is 5.56 Å². The van der Waals surface area contributed by atoms with Crippen LogP contribution < -0.4 is 0 Å². The summed E-state index contributed by atoms with van der Waals surface area (Å²) in [6.07, 6.45) is 7.80. The van der Waals surface area contributed by atoms with E-state index in [1.807, 2.05) is 115 Å². The van der Waals surface area contributed by atoms with Crippen molar-refractivity contribution in [1.82, 2.24) is 19.9 Å². The van der Waals surface area contributed by atoms with Gasteiger partial charge in [-0.2, -0.15) is 0 Å². The van der Waals surface area contributed by atoms with Crippen LogP contribution in [0.1, 0.15) is 33.1 Å². The standard InChI is InChI=1S/C45H30N4O2/c50-45(51)43-38-26-24-36(48-38)41(30-17-9-3-10-18-30)34-22-21-33(46-34)40(29-15-7-2-8-16-29)35-23-25-37(47-35)42(31-19-11-4-12-20-31)44-32(27-39(43)49-44)28-13-5-1-6-14-28/h1-27,46,49H,(H,50,51). The van der Waals surface area contributed by atoms with Crippen molar-refractivity contribution < 1.29 is 9.90 Å². The Hall–Kier alpha value is -7.05. The average Bonchev–Trinajstić information content (AvgIpc) is 4.00. The normalized spacial score (nSPS) is 11.9. The van der Waals surface area contributed by atoms with Crippen LogP contribution in [0.2, 0.25) is 0 Å². The molecule has 2 aliphatic heterocycles. The van der Waals surface area contributed by atoms with Crippen LogP contribution in [0.15, 0.2) is 140 Å². The Morgan fingerprint density at radius 1 is 0.451 bits per heavy atom. The minimum absolute atomic E-state index is 0.0830. The van der Waals surface area contributed by atoms with Crippen LogP contribution in [0.5, 0.6) is 0 Å². The summed E-state index contributed by atoms with van der Waals surface area (Å²) in [7, 11) is 0. The number of benzene rings is 4. The lowest BCUT2D eigenvalue weighted by Crippen LogP contribution is -2.00. The number of carboxylic acids is 1. The molecule has 3 aromatic heterocycles. The van der Waals surface area contributed by atoms with Crippen LogP contribution in [-0.4, -0.2) is 31.0 Å². The summed E-state index contributed by atoms with van der Waals surface area (Å²) in [5, 5.41) is 10.8. The second-order valence-electron chi connectivity index (χ2n) is 12.5. The van der Waals surface area contributed by atoms with E-state index in [1.165, 1.54) is 0 Å². The molecule has 2 aliphatic rings. The van der Waals surface area contributed by atoms with Gasteiger partial charge in [0.05, 0.1) is 33.8 Å². The third-order valence-electron chi connectivity index (χ3n) is 9.35. The molecular weight excluding hydrogens is 629 g/mol. The number of aromatic nitrogens is 4. The predicted molar refractivity (Wildman–Crippen MR) is 208 cm³/mol. The number of rotatable bonds is 5. The van der Waals surface area contributed by atoms with Gasteiger partial charge in [0.25, 0.3) is 0 Å². The van der Waals surface area contributed by atoms with Crippen molar-refractivity contribution in [2.45, 2.75) is 0 Å². The van der Waals surface area contributed by atoms with Crippen molar-refractivity contribution in [3.8, 4) is 44.5 Å². The SMILES string of the molecule is O=C(O)c1c2nc(c(-c3ccccc3)c3ccc([nH]3)c(-c3ccccc3)c3nc(c(-c4ccccc4)c4[nH]c1cc4-c1ccccc1)C=C3)C=C2. The lowest BCUT2D eigenvalue weighted by Gasteiger charge is -2.07. The molecule has 0 saturated carbocycles. The zero-order valence-electron chi connectivity index (χ0n) is 27.3. The Bertz CT molecular complexity index is 2690. The van der Waals surface area contributed by atoms with Crippen molar-refractivity contribution in [2.75, 3.05) is 0 Å². The molecule has 0 atom stereocenters. The fraction of sp³-hybridized carbons (Fsp3) is 0. The van der Waals surface area contributed by atoms with E-state index in [9.17, 15) is 9.90 Å². The largest absolute Gasteiger partial charge is 0.478 e. The highest BCUT2D eigenvalue weighted by atomic mass is 16.4. The summed E-state index contributed by atoms with van der Waals surface area (Å²) >= 11 is 0. The van der Waals surface area contributed by atoms with Crippen molar-refractivity contribution in [2.24, 2.45) is 0 Å². The van der Waals surface area contributed by atoms with Gasteiger partial charge >= 0.3 is 5.97 Å². The summed E-state index contributed by atoms with van der Waals surface area (Å²) in [5.74, 6) is -1.08. The zero-order valence-corrected chi connectivity index (χ0v) is 27.3. The van der Waals surface area contributed by atoms with Gasteiger partial charge in [0.1, 0.15) is 5.56 Å². The average molecular weight is 659 g/mol. The van der Waals surface area contributed by atoms with Crippen molar-refractivity contribution in [3.63, 3.8) is 0 Å². The highest BCUT2D eigenvalue weighted by Crippen LogP contribution is 2.39. The van der Waals surface area contributed by atoms with Gasteiger partial charge in [-0.25, -0.2) is 14.8 Å². The smallest absolute Gasteiger partial charge is 0.340 e. The third-order valence-corrected chi connectivity index (χ3v) is 9.35. The molecule has 242 valence electrons. The van der Waals surface area contributed by atoms with E-state index < -0.39 is 5.97 Å². The molecule has 4 aromatic carbocycles. The van der Waals surface area contributed by atoms with E-state index in [0.717, 1.165) is 72.4 Å². The van der Waals surface area contributed by atoms with Crippen molar-refractivity contribution >= 4 is 52.3 Å². The molecule has 9 rings (SSSR count). The number of carbonyl (C=O) groups is 1. The lowest BCUT2D eigenvalue weighted by molar-refractivity contribution is 0.0698. The minimum Gasteiger partial charge on any atom is -0.478 e. The van der Waals surface area contributed by atoms with Crippen LogP contribution in [0.25, 0.3) is 90.9 Å². The predicted octanol–water partition coefficient (Wildman–Crippen LogP) is 11.0. The fourth-order valence-electron chi connectivity index (χ4n) is 7.08. The number of aromatic carboxylic acids is 1. The lowest BCUT2D eigenvalue weighted by atomic mass is 9.99. The molecule has 0 saturated heterocycles. The molecule has 8 bridgehead atoms. The highest BCUT2D eigenvalue weighted by molar-refractivity contribution is 6.06. The van der Waals surface area contributed by atoms with Crippen molar-refractivity contribution in [1.29, 1.82) is 0 Å². The molecule has 0 unspecified atom stereocenters. The summed E-state index contributed by atoms with van der Waals surface area (Å²) in [6.45, 7) is 0. The maximum absolute atomic E-state index is 13.2. The topological polar surface area (TPSA) is 94.7 Å². The van der Waals surface area contributed by atoms with Crippen LogP contribution in [0.4, 0.5) is 0 Å². The third kappa shape index (κ3) is 5.36. The van der Waals surface area contributed by atoms with Crippen LogP contribution in [0, 0.1) is 0 Å². The first-order valence-electron chi connectivity index (χ1n) is 16.8. The Morgan fingerprint density at radius 3 is 1.35 bits per heavy atom. The summed E-state index contributed by atoms with van der Waals surface area (Å²) in [5.41, 5.74) is 13.1. The quantitative estimate of drug-likeness (QED) is 0.171. The molecule has 6 heteroatoms. The van der Waals surface area contributed by atoms with E-state index in [0.29, 0.717) is 16.9 Å². The maximum Gasteiger partial charge on any atom is 0.340 e. The monoisotopic (exact) mass is 658 g/mol. The number of nitrogens with one attached hydrogen (secondary N) is 2. The Labute approximate surface area is 293 Å². The first-order chi connectivity index (χ1) is 25.1. The van der Waals surface area contributed by atoms with Gasteiger partial charge < -0.3 is 15.1 Å². The van der Waals surface area contributed by atoms with Gasteiger partial charge in [0.2, 0.25) is 0 Å². The summed E-state index contributed by atoms with van der Waals surface area (Å²) in [6, 6.07) is 46.6. The molecular formula is C45H30N4O2. The van der Waals surface area contributed by atoms with Gasteiger partial charge in [-0.1, -0.05) is 121 Å². The number of nitrogens with zero attached hydrogens (tertiary/aromatic N) is 2. The Balaban J connectivity index is 1.53. The highest BCUT2D eigenvalue weighted by Gasteiger charge is 2.22. The van der Waals surface area contributed by atoms with Crippen LogP contribution in [-0.2, 0) is 0 Å². The molecule has 0 spiro atoms.